The van der Waals surface area contributed by atoms with E-state index >= 15 is 0 Å². The molecule has 0 aliphatic rings. The third-order valence-electron chi connectivity index (χ3n) is 10.3. The Morgan fingerprint density at radius 1 is 0.959 bits per heavy atom. The number of fused-ring (bicyclic) bond motifs is 4. The standard InChI is InChI=1S/C26H28N3SSi.C15H28O2.Ir/c1-26(2,3)21-14-18(13-17-9-7-8-10-20(17)21)23-24-22(11-12-27-23)29-25(30-24)19(15-28-29)16-31(4,5)6;1-7-14(5,8-2)12(16)11-13(17)15(6,9-3)10-4;/h7-12,14-15H,16H2,1-6H3;11,16H,7-10H2,1-6H3;/q-1;;/b;12-11-;. The summed E-state index contributed by atoms with van der Waals surface area (Å²) in [4.78, 5) is 18.3. The molecule has 3 heterocycles. The first-order chi connectivity index (χ1) is 22.4. The van der Waals surface area contributed by atoms with Crippen molar-refractivity contribution < 1.29 is 30.0 Å². The molecule has 0 fully saturated rings. The molecule has 0 amide bonds. The van der Waals surface area contributed by atoms with Crippen molar-refractivity contribution in [1.82, 2.24) is 14.6 Å². The minimum Gasteiger partial charge on any atom is -0.512 e. The van der Waals surface area contributed by atoms with E-state index in [1.165, 1.54) is 32.1 Å². The molecule has 0 saturated heterocycles. The molecule has 3 aromatic heterocycles. The third-order valence-corrected chi connectivity index (χ3v) is 12.9. The summed E-state index contributed by atoms with van der Waals surface area (Å²) in [6, 6.07) is 17.7. The second-order valence-corrected chi connectivity index (χ2v) is 22.5. The summed E-state index contributed by atoms with van der Waals surface area (Å²) in [5, 5.41) is 17.3. The summed E-state index contributed by atoms with van der Waals surface area (Å²) in [6.07, 6.45) is 8.72. The van der Waals surface area contributed by atoms with Crippen molar-refractivity contribution in [3.8, 4) is 11.3 Å². The molecule has 5 rings (SSSR count). The molecule has 0 saturated carbocycles. The maximum atomic E-state index is 12.2. The molecule has 1 radical (unpaired) electrons. The Kier molecular flexibility index (Phi) is 13.1. The van der Waals surface area contributed by atoms with Gasteiger partial charge >= 0.3 is 0 Å². The van der Waals surface area contributed by atoms with Crippen LogP contribution in [0.25, 0.3) is 37.1 Å². The van der Waals surface area contributed by atoms with Gasteiger partial charge in [0.25, 0.3) is 0 Å². The van der Waals surface area contributed by atoms with Gasteiger partial charge in [-0.25, -0.2) is 4.52 Å². The molecule has 2 aromatic carbocycles. The van der Waals surface area contributed by atoms with E-state index < -0.39 is 8.07 Å². The fourth-order valence-electron chi connectivity index (χ4n) is 6.00. The second kappa shape index (κ2) is 15.7. The van der Waals surface area contributed by atoms with Crippen molar-refractivity contribution in [3.63, 3.8) is 0 Å². The van der Waals surface area contributed by atoms with E-state index in [0.29, 0.717) is 0 Å². The number of aliphatic hydroxyl groups excluding tert-OH is 1. The van der Waals surface area contributed by atoms with Crippen molar-refractivity contribution in [2.45, 2.75) is 119 Å². The van der Waals surface area contributed by atoms with Crippen molar-refractivity contribution in [2.24, 2.45) is 10.8 Å². The van der Waals surface area contributed by atoms with Gasteiger partial charge in [-0.1, -0.05) is 111 Å². The monoisotopic (exact) mass is 875 g/mol. The van der Waals surface area contributed by atoms with E-state index in [1.54, 1.807) is 0 Å². The zero-order valence-electron chi connectivity index (χ0n) is 31.7. The molecule has 267 valence electrons. The Morgan fingerprint density at radius 2 is 1.57 bits per heavy atom. The first kappa shape index (κ1) is 40.8. The van der Waals surface area contributed by atoms with Crippen LogP contribution in [-0.4, -0.2) is 33.6 Å². The predicted octanol–water partition coefficient (Wildman–Crippen LogP) is 11.9. The van der Waals surface area contributed by atoms with E-state index in [1.807, 2.05) is 59.1 Å². The molecule has 0 spiro atoms. The van der Waals surface area contributed by atoms with Crippen LogP contribution >= 0.6 is 11.3 Å². The Hall–Kier alpha value is -2.64. The predicted molar refractivity (Wildman–Crippen MR) is 209 cm³/mol. The Labute approximate surface area is 313 Å². The van der Waals surface area contributed by atoms with Gasteiger partial charge in [0.2, 0.25) is 0 Å². The van der Waals surface area contributed by atoms with Gasteiger partial charge in [0.15, 0.2) is 5.78 Å². The molecule has 0 unspecified atom stereocenters. The summed E-state index contributed by atoms with van der Waals surface area (Å²) in [5.74, 6) is 0.286. The molecule has 0 bridgehead atoms. The van der Waals surface area contributed by atoms with Crippen molar-refractivity contribution in [3.05, 3.63) is 77.8 Å². The number of benzene rings is 2. The third kappa shape index (κ3) is 8.81. The van der Waals surface area contributed by atoms with Gasteiger partial charge in [-0.05, 0) is 43.2 Å². The number of hydrogen-bond donors (Lipinski definition) is 1. The molecule has 49 heavy (non-hydrogen) atoms. The van der Waals surface area contributed by atoms with Gasteiger partial charge < -0.3 is 5.11 Å². The number of carbonyl (C=O) groups is 1. The van der Waals surface area contributed by atoms with Crippen molar-refractivity contribution >= 4 is 51.0 Å². The fraction of sp³-hybridized carbons (Fsp3) is 0.488. The van der Waals surface area contributed by atoms with Crippen molar-refractivity contribution in [2.75, 3.05) is 0 Å². The summed E-state index contributed by atoms with van der Waals surface area (Å²) in [5.41, 5.74) is 5.32. The number of hydrogen-bond acceptors (Lipinski definition) is 5. The van der Waals surface area contributed by atoms with Crippen LogP contribution in [0, 0.1) is 16.9 Å². The van der Waals surface area contributed by atoms with E-state index in [4.69, 9.17) is 10.1 Å². The molecule has 0 aliphatic carbocycles. The van der Waals surface area contributed by atoms with Crippen LogP contribution in [0.2, 0.25) is 19.6 Å². The van der Waals surface area contributed by atoms with Gasteiger partial charge in [-0.2, -0.15) is 5.10 Å². The van der Waals surface area contributed by atoms with E-state index in [-0.39, 0.29) is 47.9 Å². The average molecular weight is 875 g/mol. The Bertz CT molecular complexity index is 1940. The second-order valence-electron chi connectivity index (χ2n) is 16.1. The first-order valence-electron chi connectivity index (χ1n) is 17.6. The molecule has 5 nitrogen and oxygen atoms in total. The molecule has 5 aromatic rings. The fourth-order valence-corrected chi connectivity index (χ4v) is 8.73. The number of aliphatic hydroxyl groups is 1. The largest absolute Gasteiger partial charge is 0.512 e. The van der Waals surface area contributed by atoms with E-state index in [0.717, 1.165) is 53.9 Å². The van der Waals surface area contributed by atoms with Crippen molar-refractivity contribution in [1.29, 1.82) is 0 Å². The smallest absolute Gasteiger partial charge is 0.164 e. The van der Waals surface area contributed by atoms with Crippen LogP contribution in [0.1, 0.15) is 99.1 Å². The van der Waals surface area contributed by atoms with Crippen LogP contribution in [0.4, 0.5) is 0 Å². The zero-order chi connectivity index (χ0) is 35.7. The summed E-state index contributed by atoms with van der Waals surface area (Å²) in [6.45, 7) is 26.1. The summed E-state index contributed by atoms with van der Waals surface area (Å²) < 4.78 is 3.29. The molecule has 8 heteroatoms. The topological polar surface area (TPSA) is 67.5 Å². The minimum absolute atomic E-state index is 0. The molecular weight excluding hydrogens is 819 g/mol. The number of allylic oxidation sites excluding steroid dienone is 2. The van der Waals surface area contributed by atoms with Crippen LogP contribution in [-0.2, 0) is 36.4 Å². The number of rotatable bonds is 10. The quantitative estimate of drug-likeness (QED) is 0.0657. The number of ketones is 1. The van der Waals surface area contributed by atoms with E-state index in [2.05, 4.69) is 93.6 Å². The van der Waals surface area contributed by atoms with E-state index in [9.17, 15) is 9.90 Å². The number of aromatic nitrogens is 3. The number of carbonyl (C=O) groups excluding carboxylic acids is 1. The Balaban J connectivity index is 0.000000312. The number of pyridine rings is 1. The summed E-state index contributed by atoms with van der Waals surface area (Å²) >= 11 is 1.82. The minimum atomic E-state index is -1.23. The average Bonchev–Trinajstić information content (AvgIpc) is 3.62. The van der Waals surface area contributed by atoms with Gasteiger partial charge in [0, 0.05) is 67.2 Å². The van der Waals surface area contributed by atoms with Gasteiger partial charge in [0.05, 0.1) is 11.7 Å². The van der Waals surface area contributed by atoms with Crippen LogP contribution in [0.5, 0.6) is 0 Å². The Morgan fingerprint density at radius 3 is 2.14 bits per heavy atom. The molecule has 0 aliphatic heterocycles. The van der Waals surface area contributed by atoms with Gasteiger partial charge in [-0.15, -0.1) is 40.5 Å². The van der Waals surface area contributed by atoms with Crippen LogP contribution in [0.3, 0.4) is 0 Å². The normalized spacial score (nSPS) is 13.0. The maximum Gasteiger partial charge on any atom is 0.164 e. The maximum absolute atomic E-state index is 12.2. The number of thiazole rings is 1. The zero-order valence-corrected chi connectivity index (χ0v) is 35.9. The number of nitrogens with zero attached hydrogens (tertiary/aromatic N) is 3. The van der Waals surface area contributed by atoms with Crippen LogP contribution < -0.4 is 0 Å². The summed E-state index contributed by atoms with van der Waals surface area (Å²) in [7, 11) is -1.23. The SMILES string of the molecule is CC(C)(C)c1cc(-c2nccc3c2sc2c(C[Si](C)(C)C)cnn23)[c-]c2ccccc12.CCC(C)(CC)C(=O)/C=C(\O)C(C)(CC)CC.[Ir]. The van der Waals surface area contributed by atoms with Crippen LogP contribution in [0.15, 0.2) is 60.6 Å². The molecule has 0 atom stereocenters. The van der Waals surface area contributed by atoms with Gasteiger partial charge in [0.1, 0.15) is 10.6 Å². The molecule has 1 N–H and O–H groups in total. The first-order valence-corrected chi connectivity index (χ1v) is 22.1. The molecular formula is C41H56IrN3O2SSi-. The van der Waals surface area contributed by atoms with Gasteiger partial charge in [-0.3, -0.25) is 9.78 Å².